The summed E-state index contributed by atoms with van der Waals surface area (Å²) in [6, 6.07) is 22.6. The molecule has 3 aromatic carbocycles. The van der Waals surface area contributed by atoms with E-state index in [0.717, 1.165) is 41.9 Å². The summed E-state index contributed by atoms with van der Waals surface area (Å²) in [5.41, 5.74) is 3.02. The van der Waals surface area contributed by atoms with E-state index in [2.05, 4.69) is 23.7 Å². The van der Waals surface area contributed by atoms with Crippen molar-refractivity contribution >= 4 is 5.91 Å². The second-order valence-electron chi connectivity index (χ2n) is 10.9. The van der Waals surface area contributed by atoms with Gasteiger partial charge in [0.05, 0.1) is 5.56 Å². The number of amides is 1. The number of aryl methyl sites for hydroxylation is 3. The lowest BCUT2D eigenvalue weighted by Crippen LogP contribution is -2.40. The Morgan fingerprint density at radius 3 is 2.02 bits per heavy atom. The van der Waals surface area contributed by atoms with E-state index in [4.69, 9.17) is 0 Å². The lowest BCUT2D eigenvalue weighted by molar-refractivity contribution is -0.137. The maximum absolute atomic E-state index is 13.8. The van der Waals surface area contributed by atoms with Crippen molar-refractivity contribution in [2.24, 2.45) is 0 Å². The average molecular weight is 605 g/mol. The van der Waals surface area contributed by atoms with Crippen LogP contribution in [0.4, 0.5) is 13.2 Å². The van der Waals surface area contributed by atoms with Gasteiger partial charge in [-0.25, -0.2) is 0 Å². The van der Waals surface area contributed by atoms with Crippen molar-refractivity contribution in [1.82, 2.24) is 19.4 Å². The monoisotopic (exact) mass is 604 g/mol. The van der Waals surface area contributed by atoms with E-state index in [9.17, 15) is 22.8 Å². The molecule has 0 fully saturated rings. The van der Waals surface area contributed by atoms with Crippen LogP contribution in [0.2, 0.25) is 0 Å². The van der Waals surface area contributed by atoms with Gasteiger partial charge >= 0.3 is 6.18 Å². The first-order chi connectivity index (χ1) is 21.1. The molecule has 232 valence electrons. The van der Waals surface area contributed by atoms with Crippen molar-refractivity contribution in [2.45, 2.75) is 52.9 Å². The van der Waals surface area contributed by atoms with E-state index in [0.29, 0.717) is 49.4 Å². The van der Waals surface area contributed by atoms with Gasteiger partial charge in [-0.2, -0.15) is 18.2 Å². The van der Waals surface area contributed by atoms with Gasteiger partial charge in [0.15, 0.2) is 0 Å². The van der Waals surface area contributed by atoms with Crippen molar-refractivity contribution in [3.05, 3.63) is 123 Å². The third kappa shape index (κ3) is 8.89. The molecule has 4 rings (SSSR count). The normalized spacial score (nSPS) is 11.6. The van der Waals surface area contributed by atoms with Crippen LogP contribution in [0.1, 0.15) is 41.9 Å². The molecule has 9 heteroatoms. The molecule has 0 aliphatic rings. The molecule has 0 aliphatic heterocycles. The molecule has 0 saturated heterocycles. The lowest BCUT2D eigenvalue weighted by atomic mass is 10.0. The first-order valence-electron chi connectivity index (χ1n) is 14.9. The van der Waals surface area contributed by atoms with E-state index < -0.39 is 11.7 Å². The Morgan fingerprint density at radius 2 is 1.43 bits per heavy atom. The molecule has 0 N–H and O–H groups in total. The highest BCUT2D eigenvalue weighted by molar-refractivity contribution is 5.76. The van der Waals surface area contributed by atoms with Crippen molar-refractivity contribution in [3.63, 3.8) is 0 Å². The van der Waals surface area contributed by atoms with E-state index in [-0.39, 0.29) is 18.0 Å². The van der Waals surface area contributed by atoms with Crippen LogP contribution >= 0.6 is 0 Å². The van der Waals surface area contributed by atoms with Crippen molar-refractivity contribution in [3.8, 4) is 11.1 Å². The molecule has 0 aliphatic carbocycles. The summed E-state index contributed by atoms with van der Waals surface area (Å²) in [5.74, 6) is 0.483. The first-order valence-corrected chi connectivity index (χ1v) is 14.9. The Balaban J connectivity index is 1.53. The Labute approximate surface area is 256 Å². The van der Waals surface area contributed by atoms with Gasteiger partial charge in [0.1, 0.15) is 12.4 Å². The largest absolute Gasteiger partial charge is 0.416 e. The van der Waals surface area contributed by atoms with Gasteiger partial charge in [0.25, 0.3) is 5.56 Å². The van der Waals surface area contributed by atoms with Crippen LogP contribution in [0.5, 0.6) is 0 Å². The summed E-state index contributed by atoms with van der Waals surface area (Å²) in [5, 5.41) is 0. The van der Waals surface area contributed by atoms with Crippen LogP contribution < -0.4 is 5.56 Å². The number of likely N-dealkylation sites (N-methyl/N-ethyl adjacent to an activating group) is 1. The molecule has 44 heavy (non-hydrogen) atoms. The summed E-state index contributed by atoms with van der Waals surface area (Å²) in [7, 11) is 0. The number of aromatic nitrogens is 2. The van der Waals surface area contributed by atoms with Gasteiger partial charge in [-0.1, -0.05) is 80.6 Å². The molecule has 6 nitrogen and oxygen atoms in total. The minimum atomic E-state index is -4.38. The second-order valence-corrected chi connectivity index (χ2v) is 10.9. The zero-order valence-electron chi connectivity index (χ0n) is 25.5. The summed E-state index contributed by atoms with van der Waals surface area (Å²) in [4.78, 5) is 34.6. The highest BCUT2D eigenvalue weighted by Gasteiger charge is 2.30. The number of hydrogen-bond acceptors (Lipinski definition) is 4. The highest BCUT2D eigenvalue weighted by atomic mass is 19.4. The SMILES string of the molecule is CCN(CC)CCN(Cc1ccc(-c2ccc(C(F)(F)F)cc2)cc1)C(=O)Cn1cc(C)c(=O)nc1CCc1ccccc1. The highest BCUT2D eigenvalue weighted by Crippen LogP contribution is 2.31. The molecular weight excluding hydrogens is 565 g/mol. The van der Waals surface area contributed by atoms with Crippen LogP contribution in [0.25, 0.3) is 11.1 Å². The maximum atomic E-state index is 13.8. The Hall–Kier alpha value is -4.24. The van der Waals surface area contributed by atoms with Crippen molar-refractivity contribution < 1.29 is 18.0 Å². The van der Waals surface area contributed by atoms with Crippen LogP contribution in [-0.4, -0.2) is 51.4 Å². The molecule has 0 atom stereocenters. The van der Waals surface area contributed by atoms with Gasteiger partial charge in [0.2, 0.25) is 5.91 Å². The Bertz CT molecular complexity index is 1560. The number of halogens is 3. The fourth-order valence-electron chi connectivity index (χ4n) is 5.08. The number of rotatable bonds is 13. The summed E-state index contributed by atoms with van der Waals surface area (Å²) in [6.07, 6.45) is -1.44. The van der Waals surface area contributed by atoms with Gasteiger partial charge in [-0.05, 0) is 60.8 Å². The molecule has 1 heterocycles. The average Bonchev–Trinajstić information content (AvgIpc) is 3.02. The van der Waals surface area contributed by atoms with Gasteiger partial charge in [-0.3, -0.25) is 9.59 Å². The van der Waals surface area contributed by atoms with E-state index in [1.807, 2.05) is 59.5 Å². The molecule has 1 aromatic heterocycles. The summed E-state index contributed by atoms with van der Waals surface area (Å²) < 4.78 is 40.7. The van der Waals surface area contributed by atoms with Crippen LogP contribution in [-0.2, 0) is 36.9 Å². The predicted octanol–water partition coefficient (Wildman–Crippen LogP) is 6.39. The van der Waals surface area contributed by atoms with Crippen LogP contribution in [0, 0.1) is 6.92 Å². The zero-order chi connectivity index (χ0) is 31.7. The zero-order valence-corrected chi connectivity index (χ0v) is 25.5. The molecule has 1 amide bonds. The van der Waals surface area contributed by atoms with Gasteiger partial charge in [-0.15, -0.1) is 0 Å². The number of carbonyl (C=O) groups is 1. The number of alkyl halides is 3. The summed E-state index contributed by atoms with van der Waals surface area (Å²) in [6.45, 7) is 9.28. The Kier molecular flexibility index (Phi) is 11.1. The van der Waals surface area contributed by atoms with E-state index >= 15 is 0 Å². The topological polar surface area (TPSA) is 58.4 Å². The van der Waals surface area contributed by atoms with Crippen LogP contribution in [0.3, 0.4) is 0 Å². The minimum Gasteiger partial charge on any atom is -0.336 e. The standard InChI is InChI=1S/C35H39F3N4O2/c1-4-40(5-2)21-22-41(24-28-11-14-29(15-12-28)30-16-18-31(19-17-30)35(36,37)38)33(43)25-42-23-26(3)34(44)39-32(42)20-13-27-9-7-6-8-10-27/h6-12,14-19,23H,4-5,13,20-22,24-25H2,1-3H3. The fraction of sp³-hybridized carbons (Fsp3) is 0.343. The van der Waals surface area contributed by atoms with Crippen LogP contribution in [0.15, 0.2) is 89.9 Å². The molecule has 0 spiro atoms. The quantitative estimate of drug-likeness (QED) is 0.177. The second kappa shape index (κ2) is 15.0. The smallest absolute Gasteiger partial charge is 0.336 e. The predicted molar refractivity (Wildman–Crippen MR) is 167 cm³/mol. The molecule has 0 saturated carbocycles. The Morgan fingerprint density at radius 1 is 0.818 bits per heavy atom. The van der Waals surface area contributed by atoms with E-state index in [1.165, 1.54) is 12.1 Å². The first kappa shape index (κ1) is 32.7. The van der Waals surface area contributed by atoms with Crippen molar-refractivity contribution in [1.29, 1.82) is 0 Å². The van der Waals surface area contributed by atoms with Gasteiger partial charge in [0, 0.05) is 37.8 Å². The molecule has 0 unspecified atom stereocenters. The number of benzene rings is 3. The minimum absolute atomic E-state index is 0.0557. The summed E-state index contributed by atoms with van der Waals surface area (Å²) >= 11 is 0. The number of nitrogens with zero attached hydrogens (tertiary/aromatic N) is 4. The van der Waals surface area contributed by atoms with Crippen molar-refractivity contribution in [2.75, 3.05) is 26.2 Å². The number of carbonyl (C=O) groups excluding carboxylic acids is 1. The fourth-order valence-corrected chi connectivity index (χ4v) is 5.08. The van der Waals surface area contributed by atoms with E-state index in [1.54, 1.807) is 17.7 Å². The lowest BCUT2D eigenvalue weighted by Gasteiger charge is -2.27. The molecular formula is C35H39F3N4O2. The van der Waals surface area contributed by atoms with Gasteiger partial charge < -0.3 is 14.4 Å². The third-order valence-electron chi connectivity index (χ3n) is 7.84. The molecule has 0 radical (unpaired) electrons. The molecule has 4 aromatic rings. The third-order valence-corrected chi connectivity index (χ3v) is 7.84. The maximum Gasteiger partial charge on any atom is 0.416 e. The number of hydrogen-bond donors (Lipinski definition) is 0. The molecule has 0 bridgehead atoms.